The van der Waals surface area contributed by atoms with E-state index < -0.39 is 0 Å². The van der Waals surface area contributed by atoms with Crippen LogP contribution >= 0.6 is 15.9 Å². The third kappa shape index (κ3) is 3.11. The van der Waals surface area contributed by atoms with Gasteiger partial charge in [0.25, 0.3) is 0 Å². The second-order valence-electron chi connectivity index (χ2n) is 7.71. The molecule has 0 heterocycles. The summed E-state index contributed by atoms with van der Waals surface area (Å²) in [5.74, 6) is 0.943. The van der Waals surface area contributed by atoms with E-state index in [4.69, 9.17) is 4.74 Å². The first-order valence-corrected chi connectivity index (χ1v) is 8.16. The normalized spacial score (nSPS) is 12.8. The van der Waals surface area contributed by atoms with Crippen molar-refractivity contribution in [2.75, 3.05) is 7.11 Å². The van der Waals surface area contributed by atoms with Crippen LogP contribution in [0.2, 0.25) is 0 Å². The molecule has 0 fully saturated rings. The summed E-state index contributed by atoms with van der Waals surface area (Å²) in [5, 5.41) is 2.47. The van der Waals surface area contributed by atoms with Gasteiger partial charge in [-0.05, 0) is 49.2 Å². The molecule has 0 saturated carbocycles. The van der Waals surface area contributed by atoms with Crippen molar-refractivity contribution in [2.45, 2.75) is 52.4 Å². The van der Waals surface area contributed by atoms with Gasteiger partial charge < -0.3 is 4.74 Å². The van der Waals surface area contributed by atoms with E-state index in [9.17, 15) is 0 Å². The molecule has 0 unspecified atom stereocenters. The summed E-state index contributed by atoms with van der Waals surface area (Å²) < 4.78 is 6.71. The molecule has 114 valence electrons. The van der Waals surface area contributed by atoms with Gasteiger partial charge in [0.2, 0.25) is 0 Å². The Morgan fingerprint density at radius 2 is 1.52 bits per heavy atom. The summed E-state index contributed by atoms with van der Waals surface area (Å²) in [6, 6.07) is 8.97. The Kier molecular flexibility index (Phi) is 4.14. The van der Waals surface area contributed by atoms with Crippen molar-refractivity contribution in [1.29, 1.82) is 0 Å². The number of hydrogen-bond donors (Lipinski definition) is 0. The minimum absolute atomic E-state index is 0.0415. The van der Waals surface area contributed by atoms with Crippen LogP contribution in [0.3, 0.4) is 0 Å². The highest BCUT2D eigenvalue weighted by Gasteiger charge is 2.23. The number of hydrogen-bond acceptors (Lipinski definition) is 1. The Bertz CT molecular complexity index is 672. The van der Waals surface area contributed by atoms with E-state index in [2.05, 4.69) is 81.7 Å². The predicted octanol–water partition coefficient (Wildman–Crippen LogP) is 6.21. The number of methoxy groups -OCH3 is 1. The standard InChI is InChI=1S/C19H25BrO/c1-18(2,3)13-8-9-14-12(10-13)11-15(19(4,5)6)17(21-7)16(14)20/h8-11H,1-7H3. The lowest BCUT2D eigenvalue weighted by Gasteiger charge is -2.25. The second kappa shape index (κ2) is 5.31. The van der Waals surface area contributed by atoms with Crippen molar-refractivity contribution in [3.63, 3.8) is 0 Å². The highest BCUT2D eigenvalue weighted by Crippen LogP contribution is 2.42. The molecule has 2 aromatic rings. The van der Waals surface area contributed by atoms with E-state index in [0.717, 1.165) is 10.2 Å². The summed E-state index contributed by atoms with van der Waals surface area (Å²) in [6.07, 6.45) is 0. The number of fused-ring (bicyclic) bond motifs is 1. The molecular weight excluding hydrogens is 324 g/mol. The molecule has 0 aliphatic heterocycles. The molecule has 0 N–H and O–H groups in total. The quantitative estimate of drug-likeness (QED) is 0.595. The number of rotatable bonds is 1. The van der Waals surface area contributed by atoms with Crippen LogP contribution in [-0.4, -0.2) is 7.11 Å². The number of halogens is 1. The van der Waals surface area contributed by atoms with Crippen LogP contribution in [0.5, 0.6) is 5.75 Å². The third-order valence-corrected chi connectivity index (χ3v) is 4.70. The van der Waals surface area contributed by atoms with E-state index in [-0.39, 0.29) is 10.8 Å². The van der Waals surface area contributed by atoms with Crippen LogP contribution in [0, 0.1) is 0 Å². The van der Waals surface area contributed by atoms with Gasteiger partial charge in [0, 0.05) is 5.56 Å². The zero-order valence-corrected chi connectivity index (χ0v) is 15.7. The van der Waals surface area contributed by atoms with Crippen LogP contribution in [0.15, 0.2) is 28.7 Å². The zero-order valence-electron chi connectivity index (χ0n) is 14.1. The summed E-state index contributed by atoms with van der Waals surface area (Å²) in [5.41, 5.74) is 2.78. The van der Waals surface area contributed by atoms with E-state index in [0.29, 0.717) is 0 Å². The lowest BCUT2D eigenvalue weighted by Crippen LogP contribution is -2.14. The third-order valence-electron chi connectivity index (χ3n) is 3.91. The summed E-state index contributed by atoms with van der Waals surface area (Å²) >= 11 is 3.74. The fourth-order valence-corrected chi connectivity index (χ4v) is 3.30. The lowest BCUT2D eigenvalue weighted by molar-refractivity contribution is 0.396. The Hall–Kier alpha value is -1.02. The molecule has 0 saturated heterocycles. The molecule has 1 nitrogen and oxygen atoms in total. The molecule has 2 heteroatoms. The van der Waals surface area contributed by atoms with Crippen molar-refractivity contribution in [2.24, 2.45) is 0 Å². The summed E-state index contributed by atoms with van der Waals surface area (Å²) in [4.78, 5) is 0. The Morgan fingerprint density at radius 1 is 0.905 bits per heavy atom. The van der Waals surface area contributed by atoms with Crippen LogP contribution < -0.4 is 4.74 Å². The lowest BCUT2D eigenvalue weighted by atomic mass is 9.82. The van der Waals surface area contributed by atoms with Gasteiger partial charge in [-0.3, -0.25) is 0 Å². The van der Waals surface area contributed by atoms with Crippen molar-refractivity contribution in [1.82, 2.24) is 0 Å². The maximum absolute atomic E-state index is 5.66. The zero-order chi connectivity index (χ0) is 16.0. The fourth-order valence-electron chi connectivity index (χ4n) is 2.57. The van der Waals surface area contributed by atoms with Gasteiger partial charge in [-0.15, -0.1) is 0 Å². The molecule has 0 aliphatic rings. The Morgan fingerprint density at radius 3 is 2.00 bits per heavy atom. The van der Waals surface area contributed by atoms with E-state index in [1.54, 1.807) is 7.11 Å². The van der Waals surface area contributed by atoms with Gasteiger partial charge in [0.05, 0.1) is 11.6 Å². The Balaban J connectivity index is 2.82. The molecule has 0 atom stereocenters. The first-order chi connectivity index (χ1) is 9.55. The molecule has 2 aromatic carbocycles. The number of ether oxygens (including phenoxy) is 1. The van der Waals surface area contributed by atoms with Crippen molar-refractivity contribution >= 4 is 26.7 Å². The van der Waals surface area contributed by atoms with Gasteiger partial charge in [0.1, 0.15) is 5.75 Å². The van der Waals surface area contributed by atoms with Gasteiger partial charge in [-0.1, -0.05) is 59.7 Å². The minimum Gasteiger partial charge on any atom is -0.495 e. The molecular formula is C19H25BrO. The van der Waals surface area contributed by atoms with Gasteiger partial charge in [-0.2, -0.15) is 0 Å². The average molecular weight is 349 g/mol. The topological polar surface area (TPSA) is 9.23 Å². The molecule has 0 bridgehead atoms. The molecule has 0 radical (unpaired) electrons. The highest BCUT2D eigenvalue weighted by molar-refractivity contribution is 9.10. The van der Waals surface area contributed by atoms with Crippen LogP contribution in [0.1, 0.15) is 52.7 Å². The fraction of sp³-hybridized carbons (Fsp3) is 0.474. The smallest absolute Gasteiger partial charge is 0.137 e. The average Bonchev–Trinajstić information content (AvgIpc) is 2.35. The largest absolute Gasteiger partial charge is 0.495 e. The van der Waals surface area contributed by atoms with Crippen molar-refractivity contribution in [3.05, 3.63) is 39.9 Å². The first-order valence-electron chi connectivity index (χ1n) is 7.37. The van der Waals surface area contributed by atoms with E-state index >= 15 is 0 Å². The predicted molar refractivity (Wildman–Crippen MR) is 95.6 cm³/mol. The number of benzene rings is 2. The monoisotopic (exact) mass is 348 g/mol. The molecule has 2 rings (SSSR count). The SMILES string of the molecule is COc1c(C(C)(C)C)cc2cc(C(C)(C)C)ccc2c1Br. The van der Waals surface area contributed by atoms with Crippen molar-refractivity contribution < 1.29 is 4.74 Å². The first kappa shape index (κ1) is 16.4. The van der Waals surface area contributed by atoms with Crippen LogP contribution in [0.25, 0.3) is 10.8 Å². The summed E-state index contributed by atoms with van der Waals surface area (Å²) in [7, 11) is 1.74. The van der Waals surface area contributed by atoms with Crippen LogP contribution in [0.4, 0.5) is 0 Å². The maximum atomic E-state index is 5.66. The van der Waals surface area contributed by atoms with Gasteiger partial charge in [0.15, 0.2) is 0 Å². The second-order valence-corrected chi connectivity index (χ2v) is 8.50. The van der Waals surface area contributed by atoms with E-state index in [1.165, 1.54) is 21.9 Å². The molecule has 0 spiro atoms. The molecule has 0 aromatic heterocycles. The molecule has 21 heavy (non-hydrogen) atoms. The minimum atomic E-state index is 0.0415. The van der Waals surface area contributed by atoms with Gasteiger partial charge >= 0.3 is 0 Å². The molecule has 0 amide bonds. The maximum Gasteiger partial charge on any atom is 0.137 e. The Labute approximate surface area is 136 Å². The van der Waals surface area contributed by atoms with Gasteiger partial charge in [-0.25, -0.2) is 0 Å². The summed E-state index contributed by atoms with van der Waals surface area (Å²) in [6.45, 7) is 13.4. The van der Waals surface area contributed by atoms with Crippen LogP contribution in [-0.2, 0) is 10.8 Å². The molecule has 0 aliphatic carbocycles. The van der Waals surface area contributed by atoms with E-state index in [1.807, 2.05) is 0 Å². The highest BCUT2D eigenvalue weighted by atomic mass is 79.9. The van der Waals surface area contributed by atoms with Crippen molar-refractivity contribution in [3.8, 4) is 5.75 Å².